The van der Waals surface area contributed by atoms with Crippen molar-refractivity contribution in [2.45, 2.75) is 6.54 Å². The molecule has 0 unspecified atom stereocenters. The van der Waals surface area contributed by atoms with Crippen LogP contribution in [0.25, 0.3) is 10.9 Å². The van der Waals surface area contributed by atoms with Crippen LogP contribution in [0.4, 0.5) is 0 Å². The van der Waals surface area contributed by atoms with E-state index >= 15 is 0 Å². The minimum atomic E-state index is 0.740. The molecule has 0 radical (unpaired) electrons. The zero-order valence-corrected chi connectivity index (χ0v) is 9.59. The van der Waals surface area contributed by atoms with Crippen molar-refractivity contribution >= 4 is 10.9 Å². The van der Waals surface area contributed by atoms with Gasteiger partial charge in [0, 0.05) is 11.6 Å². The van der Waals surface area contributed by atoms with E-state index in [9.17, 15) is 0 Å². The topological polar surface area (TPSA) is 27.3 Å². The predicted octanol–water partition coefficient (Wildman–Crippen LogP) is 3.29. The minimum Gasteiger partial charge on any atom is -0.496 e. The van der Waals surface area contributed by atoms with Gasteiger partial charge >= 0.3 is 0 Å². The maximum atomic E-state index is 5.36. The van der Waals surface area contributed by atoms with Gasteiger partial charge < -0.3 is 13.7 Å². The van der Waals surface area contributed by atoms with Crippen LogP contribution < -0.4 is 4.74 Å². The van der Waals surface area contributed by atoms with Gasteiger partial charge in [0.25, 0.3) is 0 Å². The SMILES string of the molecule is COc1cccc2c1ccn2Cc1ccco1. The van der Waals surface area contributed by atoms with Gasteiger partial charge in [-0.2, -0.15) is 0 Å². The van der Waals surface area contributed by atoms with E-state index in [-0.39, 0.29) is 0 Å². The van der Waals surface area contributed by atoms with E-state index in [0.717, 1.165) is 29.0 Å². The number of fused-ring (bicyclic) bond motifs is 1. The molecule has 0 saturated heterocycles. The van der Waals surface area contributed by atoms with E-state index in [4.69, 9.17) is 9.15 Å². The summed E-state index contributed by atoms with van der Waals surface area (Å²) in [6, 6.07) is 12.0. The van der Waals surface area contributed by atoms with Crippen molar-refractivity contribution in [2.75, 3.05) is 7.11 Å². The zero-order valence-electron chi connectivity index (χ0n) is 9.59. The normalized spacial score (nSPS) is 10.9. The molecule has 3 heteroatoms. The van der Waals surface area contributed by atoms with E-state index in [2.05, 4.69) is 22.9 Å². The zero-order chi connectivity index (χ0) is 11.7. The Morgan fingerprint density at radius 1 is 1.18 bits per heavy atom. The molecule has 0 aliphatic carbocycles. The maximum Gasteiger partial charge on any atom is 0.128 e. The van der Waals surface area contributed by atoms with Crippen LogP contribution in [0.5, 0.6) is 5.75 Å². The lowest BCUT2D eigenvalue weighted by Crippen LogP contribution is -1.96. The molecule has 86 valence electrons. The molecule has 1 aromatic carbocycles. The van der Waals surface area contributed by atoms with E-state index in [1.54, 1.807) is 13.4 Å². The van der Waals surface area contributed by atoms with Crippen LogP contribution >= 0.6 is 0 Å². The molecule has 2 aromatic heterocycles. The average Bonchev–Trinajstić information content (AvgIpc) is 2.99. The van der Waals surface area contributed by atoms with Crippen LogP contribution in [0.2, 0.25) is 0 Å². The molecule has 0 fully saturated rings. The van der Waals surface area contributed by atoms with Crippen LogP contribution in [0.15, 0.2) is 53.3 Å². The third kappa shape index (κ3) is 1.69. The van der Waals surface area contributed by atoms with Crippen LogP contribution in [-0.4, -0.2) is 11.7 Å². The van der Waals surface area contributed by atoms with E-state index < -0.39 is 0 Å². The van der Waals surface area contributed by atoms with Gasteiger partial charge in [-0.25, -0.2) is 0 Å². The molecule has 0 aliphatic heterocycles. The molecule has 2 heterocycles. The largest absolute Gasteiger partial charge is 0.496 e. The predicted molar refractivity (Wildman–Crippen MR) is 66.3 cm³/mol. The first-order chi connectivity index (χ1) is 8.38. The van der Waals surface area contributed by atoms with Gasteiger partial charge in [0.15, 0.2) is 0 Å². The lowest BCUT2D eigenvalue weighted by molar-refractivity contribution is 0.420. The van der Waals surface area contributed by atoms with Gasteiger partial charge in [-0.05, 0) is 30.3 Å². The van der Waals surface area contributed by atoms with Crippen molar-refractivity contribution in [3.05, 3.63) is 54.6 Å². The van der Waals surface area contributed by atoms with Gasteiger partial charge in [-0.15, -0.1) is 0 Å². The highest BCUT2D eigenvalue weighted by atomic mass is 16.5. The highest BCUT2D eigenvalue weighted by Crippen LogP contribution is 2.26. The number of methoxy groups -OCH3 is 1. The molecule has 3 rings (SSSR count). The summed E-state index contributed by atoms with van der Waals surface area (Å²) in [7, 11) is 1.69. The van der Waals surface area contributed by atoms with Crippen molar-refractivity contribution in [1.29, 1.82) is 0 Å². The Morgan fingerprint density at radius 2 is 2.12 bits per heavy atom. The highest BCUT2D eigenvalue weighted by Gasteiger charge is 2.06. The standard InChI is InChI=1S/C14H13NO2/c1-16-14-6-2-5-13-12(14)7-8-15(13)10-11-4-3-9-17-11/h2-9H,10H2,1H3. The molecular formula is C14H13NO2. The van der Waals surface area contributed by atoms with Crippen molar-refractivity contribution in [2.24, 2.45) is 0 Å². The number of rotatable bonds is 3. The summed E-state index contributed by atoms with van der Waals surface area (Å²) in [5.41, 5.74) is 1.15. The highest BCUT2D eigenvalue weighted by molar-refractivity contribution is 5.86. The Balaban J connectivity index is 2.06. The Morgan fingerprint density at radius 3 is 2.88 bits per heavy atom. The third-order valence-corrected chi connectivity index (χ3v) is 2.90. The van der Waals surface area contributed by atoms with Crippen LogP contribution in [0.1, 0.15) is 5.76 Å². The second-order valence-corrected chi connectivity index (χ2v) is 3.92. The van der Waals surface area contributed by atoms with Gasteiger partial charge in [-0.1, -0.05) is 6.07 Å². The Bertz CT molecular complexity index is 623. The molecule has 3 nitrogen and oxygen atoms in total. The number of nitrogens with zero attached hydrogens (tertiary/aromatic N) is 1. The first-order valence-electron chi connectivity index (χ1n) is 5.53. The Kier molecular flexibility index (Phi) is 2.37. The molecule has 0 N–H and O–H groups in total. The second-order valence-electron chi connectivity index (χ2n) is 3.92. The Hall–Kier alpha value is -2.16. The van der Waals surface area contributed by atoms with Gasteiger partial charge in [0.2, 0.25) is 0 Å². The molecule has 0 amide bonds. The molecule has 0 aliphatic rings. The van der Waals surface area contributed by atoms with Gasteiger partial charge in [-0.3, -0.25) is 0 Å². The Labute approximate surface area is 99.2 Å². The lowest BCUT2D eigenvalue weighted by Gasteiger charge is -2.05. The average molecular weight is 227 g/mol. The quantitative estimate of drug-likeness (QED) is 0.686. The summed E-state index contributed by atoms with van der Waals surface area (Å²) < 4.78 is 12.8. The van der Waals surface area contributed by atoms with Crippen molar-refractivity contribution in [3.8, 4) is 5.75 Å². The number of furan rings is 1. The van der Waals surface area contributed by atoms with Crippen LogP contribution in [0.3, 0.4) is 0 Å². The lowest BCUT2D eigenvalue weighted by atomic mass is 10.2. The first-order valence-corrected chi connectivity index (χ1v) is 5.53. The van der Waals surface area contributed by atoms with Crippen LogP contribution in [0, 0.1) is 0 Å². The van der Waals surface area contributed by atoms with Crippen molar-refractivity contribution in [1.82, 2.24) is 4.57 Å². The second kappa shape index (κ2) is 4.01. The van der Waals surface area contributed by atoms with Gasteiger partial charge in [0.1, 0.15) is 11.5 Å². The van der Waals surface area contributed by atoms with E-state index in [1.807, 2.05) is 24.3 Å². The maximum absolute atomic E-state index is 5.36. The van der Waals surface area contributed by atoms with Crippen LogP contribution in [-0.2, 0) is 6.54 Å². The molecule has 0 saturated carbocycles. The smallest absolute Gasteiger partial charge is 0.128 e. The molecule has 0 bridgehead atoms. The van der Waals surface area contributed by atoms with Crippen molar-refractivity contribution < 1.29 is 9.15 Å². The molecule has 0 spiro atoms. The number of hydrogen-bond acceptors (Lipinski definition) is 2. The minimum absolute atomic E-state index is 0.740. The summed E-state index contributed by atoms with van der Waals surface area (Å²) in [6.07, 6.45) is 3.75. The van der Waals surface area contributed by atoms with E-state index in [1.165, 1.54) is 0 Å². The fraction of sp³-hybridized carbons (Fsp3) is 0.143. The van der Waals surface area contributed by atoms with Gasteiger partial charge in [0.05, 0.1) is 25.4 Å². The summed E-state index contributed by atoms with van der Waals surface area (Å²) >= 11 is 0. The molecule has 0 atom stereocenters. The third-order valence-electron chi connectivity index (χ3n) is 2.90. The summed E-state index contributed by atoms with van der Waals surface area (Å²) in [4.78, 5) is 0. The number of ether oxygens (including phenoxy) is 1. The fourth-order valence-corrected chi connectivity index (χ4v) is 2.08. The summed E-state index contributed by atoms with van der Waals surface area (Å²) in [6.45, 7) is 0.740. The van der Waals surface area contributed by atoms with Crippen molar-refractivity contribution in [3.63, 3.8) is 0 Å². The molecule has 3 aromatic rings. The summed E-state index contributed by atoms with van der Waals surface area (Å²) in [5.74, 6) is 1.85. The fourth-order valence-electron chi connectivity index (χ4n) is 2.08. The molecular weight excluding hydrogens is 214 g/mol. The summed E-state index contributed by atoms with van der Waals surface area (Å²) in [5, 5.41) is 1.13. The van der Waals surface area contributed by atoms with E-state index in [0.29, 0.717) is 0 Å². The monoisotopic (exact) mass is 227 g/mol. The number of benzene rings is 1. The number of hydrogen-bond donors (Lipinski definition) is 0. The number of aromatic nitrogens is 1. The first kappa shape index (κ1) is 10.0. The molecule has 17 heavy (non-hydrogen) atoms.